The van der Waals surface area contributed by atoms with Crippen LogP contribution in [0.4, 0.5) is 0 Å². The van der Waals surface area contributed by atoms with Gasteiger partial charge in [-0.1, -0.05) is 0 Å². The van der Waals surface area contributed by atoms with Gasteiger partial charge in [0.2, 0.25) is 0 Å². The minimum absolute atomic E-state index is 0.0916. The van der Waals surface area contributed by atoms with Crippen LogP contribution >= 0.6 is 11.3 Å². The molecule has 3 rings (SSSR count). The van der Waals surface area contributed by atoms with E-state index in [9.17, 15) is 9.90 Å². The van der Waals surface area contributed by atoms with Gasteiger partial charge in [-0.3, -0.25) is 4.79 Å². The summed E-state index contributed by atoms with van der Waals surface area (Å²) in [7, 11) is 3.84. The number of carbonyl (C=O) groups excluding carboxylic acids is 1. The van der Waals surface area contributed by atoms with Crippen molar-refractivity contribution in [1.29, 1.82) is 0 Å². The zero-order valence-electron chi connectivity index (χ0n) is 15.9. The van der Waals surface area contributed by atoms with Crippen LogP contribution in [0.15, 0.2) is 12.1 Å². The van der Waals surface area contributed by atoms with E-state index in [1.54, 1.807) is 7.11 Å². The Balaban J connectivity index is 1.59. The summed E-state index contributed by atoms with van der Waals surface area (Å²) in [6.07, 6.45) is 1.19. The molecule has 0 aromatic carbocycles. The second-order valence-corrected chi connectivity index (χ2v) is 8.74. The van der Waals surface area contributed by atoms with Gasteiger partial charge in [0.1, 0.15) is 0 Å². The number of methoxy groups -OCH3 is 1. The van der Waals surface area contributed by atoms with Crippen molar-refractivity contribution >= 4 is 17.2 Å². The van der Waals surface area contributed by atoms with E-state index in [1.807, 2.05) is 17.0 Å². The summed E-state index contributed by atoms with van der Waals surface area (Å²) in [4.78, 5) is 21.5. The molecule has 7 heteroatoms. The fourth-order valence-electron chi connectivity index (χ4n) is 4.00. The van der Waals surface area contributed by atoms with Gasteiger partial charge in [0.05, 0.1) is 11.5 Å². The third kappa shape index (κ3) is 4.84. The monoisotopic (exact) mass is 381 g/mol. The Morgan fingerprint density at radius 3 is 2.81 bits per heavy atom. The van der Waals surface area contributed by atoms with Crippen molar-refractivity contribution < 1.29 is 14.6 Å². The molecule has 2 aliphatic heterocycles. The van der Waals surface area contributed by atoms with E-state index >= 15 is 0 Å². The Morgan fingerprint density at radius 1 is 1.23 bits per heavy atom. The van der Waals surface area contributed by atoms with Gasteiger partial charge in [-0.25, -0.2) is 0 Å². The molecule has 1 amide bonds. The first-order valence-corrected chi connectivity index (χ1v) is 10.3. The maximum absolute atomic E-state index is 12.9. The zero-order chi connectivity index (χ0) is 18.5. The molecule has 2 fully saturated rings. The molecule has 2 atom stereocenters. The van der Waals surface area contributed by atoms with Crippen LogP contribution in [0.5, 0.6) is 0 Å². The van der Waals surface area contributed by atoms with Crippen LogP contribution in [-0.4, -0.2) is 92.3 Å². The maximum Gasteiger partial charge on any atom is 0.263 e. The first kappa shape index (κ1) is 19.8. The number of rotatable bonds is 6. The van der Waals surface area contributed by atoms with Crippen molar-refractivity contribution in [1.82, 2.24) is 14.7 Å². The van der Waals surface area contributed by atoms with Crippen LogP contribution in [0.1, 0.15) is 21.0 Å². The van der Waals surface area contributed by atoms with Crippen molar-refractivity contribution in [2.75, 3.05) is 66.6 Å². The minimum atomic E-state index is 0.0916. The fourth-order valence-corrected chi connectivity index (χ4v) is 4.95. The van der Waals surface area contributed by atoms with Gasteiger partial charge in [-0.2, -0.15) is 0 Å². The van der Waals surface area contributed by atoms with Crippen molar-refractivity contribution in [3.8, 4) is 0 Å². The lowest BCUT2D eigenvalue weighted by molar-refractivity contribution is 0.0784. The number of aliphatic hydroxyl groups is 1. The summed E-state index contributed by atoms with van der Waals surface area (Å²) >= 11 is 1.51. The smallest absolute Gasteiger partial charge is 0.263 e. The number of hydrogen-bond acceptors (Lipinski definition) is 6. The lowest BCUT2D eigenvalue weighted by atomic mass is 9.96. The zero-order valence-corrected chi connectivity index (χ0v) is 16.7. The highest BCUT2D eigenvalue weighted by molar-refractivity contribution is 7.14. The standard InChI is InChI=1S/C19H31N3O3S/c1-20-6-3-7-21(9-8-20)10-15-11-22(12-16(15)13-23)19(24)18-5-4-17(26-18)14-25-2/h4-5,15-16,23H,3,6-14H2,1-2H3/t15-,16-/m1/s1. The van der Waals surface area contributed by atoms with Crippen LogP contribution in [0.3, 0.4) is 0 Å². The molecule has 0 radical (unpaired) electrons. The van der Waals surface area contributed by atoms with Crippen molar-refractivity contribution in [3.63, 3.8) is 0 Å². The lowest BCUT2D eigenvalue weighted by Gasteiger charge is -2.26. The van der Waals surface area contributed by atoms with Crippen molar-refractivity contribution in [3.05, 3.63) is 21.9 Å². The van der Waals surface area contributed by atoms with Crippen molar-refractivity contribution in [2.24, 2.45) is 11.8 Å². The van der Waals surface area contributed by atoms with Crippen LogP contribution in [0, 0.1) is 11.8 Å². The number of amides is 1. The molecule has 26 heavy (non-hydrogen) atoms. The molecule has 1 aromatic rings. The Labute approximate surface area is 160 Å². The quantitative estimate of drug-likeness (QED) is 0.803. The second kappa shape index (κ2) is 9.28. The SMILES string of the molecule is COCc1ccc(C(=O)N2C[C@@H](CN3CCCN(C)CC3)[C@@H](CO)C2)s1. The third-order valence-corrected chi connectivity index (χ3v) is 6.61. The molecule has 2 saturated heterocycles. The molecule has 0 saturated carbocycles. The molecule has 0 aliphatic carbocycles. The minimum Gasteiger partial charge on any atom is -0.396 e. The third-order valence-electron chi connectivity index (χ3n) is 5.56. The number of aliphatic hydroxyl groups excluding tert-OH is 1. The van der Waals surface area contributed by atoms with Gasteiger partial charge in [-0.05, 0) is 44.6 Å². The summed E-state index contributed by atoms with van der Waals surface area (Å²) in [5.74, 6) is 0.623. The van der Waals surface area contributed by atoms with E-state index in [0.717, 1.165) is 49.0 Å². The van der Waals surface area contributed by atoms with Gasteiger partial charge in [-0.15, -0.1) is 11.3 Å². The average molecular weight is 382 g/mol. The van der Waals surface area contributed by atoms with Crippen LogP contribution in [0.2, 0.25) is 0 Å². The molecule has 1 N–H and O–H groups in total. The molecular weight excluding hydrogens is 350 g/mol. The Morgan fingerprint density at radius 2 is 2.04 bits per heavy atom. The highest BCUT2D eigenvalue weighted by Gasteiger charge is 2.36. The van der Waals surface area contributed by atoms with Gasteiger partial charge in [0.25, 0.3) is 5.91 Å². The Bertz CT molecular complexity index is 594. The van der Waals surface area contributed by atoms with Crippen LogP contribution < -0.4 is 0 Å². The van der Waals surface area contributed by atoms with E-state index in [2.05, 4.69) is 16.8 Å². The molecule has 2 aliphatic rings. The number of carbonyl (C=O) groups is 1. The van der Waals surface area contributed by atoms with E-state index in [4.69, 9.17) is 4.74 Å². The lowest BCUT2D eigenvalue weighted by Crippen LogP contribution is -2.36. The van der Waals surface area contributed by atoms with Gasteiger partial charge < -0.3 is 24.5 Å². The Hall–Kier alpha value is -0.990. The normalized spacial score (nSPS) is 25.6. The van der Waals surface area contributed by atoms with Crippen molar-refractivity contribution in [2.45, 2.75) is 13.0 Å². The fraction of sp³-hybridized carbons (Fsp3) is 0.737. The first-order chi connectivity index (χ1) is 12.6. The van der Waals surface area contributed by atoms with Crippen LogP contribution in [0.25, 0.3) is 0 Å². The summed E-state index contributed by atoms with van der Waals surface area (Å²) in [6.45, 7) is 7.50. The summed E-state index contributed by atoms with van der Waals surface area (Å²) in [5.41, 5.74) is 0. The van der Waals surface area contributed by atoms with E-state index in [-0.39, 0.29) is 18.4 Å². The molecular formula is C19H31N3O3S. The van der Waals surface area contributed by atoms with Gasteiger partial charge >= 0.3 is 0 Å². The van der Waals surface area contributed by atoms with Crippen LogP contribution in [-0.2, 0) is 11.3 Å². The molecule has 0 bridgehead atoms. The molecule has 146 valence electrons. The van der Waals surface area contributed by atoms with E-state index in [0.29, 0.717) is 19.1 Å². The molecule has 0 spiro atoms. The number of hydrogen-bond donors (Lipinski definition) is 1. The second-order valence-electron chi connectivity index (χ2n) is 7.57. The average Bonchev–Trinajstić information content (AvgIpc) is 3.20. The molecule has 0 unspecified atom stereocenters. The molecule has 1 aromatic heterocycles. The number of ether oxygens (including phenoxy) is 1. The summed E-state index contributed by atoms with van der Waals surface area (Å²) in [6, 6.07) is 3.86. The Kier molecular flexibility index (Phi) is 7.05. The maximum atomic E-state index is 12.9. The summed E-state index contributed by atoms with van der Waals surface area (Å²) < 4.78 is 5.14. The highest BCUT2D eigenvalue weighted by Crippen LogP contribution is 2.28. The van der Waals surface area contributed by atoms with E-state index < -0.39 is 0 Å². The largest absolute Gasteiger partial charge is 0.396 e. The highest BCUT2D eigenvalue weighted by atomic mass is 32.1. The number of likely N-dealkylation sites (tertiary alicyclic amines) is 1. The topological polar surface area (TPSA) is 56.2 Å². The summed E-state index contributed by atoms with van der Waals surface area (Å²) in [5, 5.41) is 9.83. The molecule has 3 heterocycles. The number of nitrogens with zero attached hydrogens (tertiary/aromatic N) is 3. The van der Waals surface area contributed by atoms with Gasteiger partial charge in [0, 0.05) is 57.2 Å². The molecule has 6 nitrogen and oxygen atoms in total. The first-order valence-electron chi connectivity index (χ1n) is 9.49. The predicted octanol–water partition coefficient (Wildman–Crippen LogP) is 1.21. The number of thiophene rings is 1. The van der Waals surface area contributed by atoms with E-state index in [1.165, 1.54) is 17.8 Å². The predicted molar refractivity (Wildman–Crippen MR) is 104 cm³/mol. The number of likely N-dealkylation sites (N-methyl/N-ethyl adjacent to an activating group) is 1. The van der Waals surface area contributed by atoms with Gasteiger partial charge in [0.15, 0.2) is 0 Å².